The molecule has 0 spiro atoms. The largest absolute Gasteiger partial charge is 0.507 e. The topological polar surface area (TPSA) is 80.0 Å². The fourth-order valence-corrected chi connectivity index (χ4v) is 3.62. The molecule has 0 saturated carbocycles. The van der Waals surface area contributed by atoms with E-state index < -0.39 is 17.7 Å². The van der Waals surface area contributed by atoms with E-state index in [1.807, 2.05) is 30.3 Å². The number of aliphatic hydroxyl groups is 1. The molecule has 6 nitrogen and oxygen atoms in total. The quantitative estimate of drug-likeness (QED) is 0.267. The van der Waals surface area contributed by atoms with Gasteiger partial charge in [0.15, 0.2) is 0 Å². The highest BCUT2D eigenvalue weighted by Crippen LogP contribution is 2.40. The molecule has 1 atom stereocenters. The Bertz CT molecular complexity index is 1110. The first kappa shape index (κ1) is 20.2. The van der Waals surface area contributed by atoms with Crippen LogP contribution in [-0.4, -0.2) is 28.3 Å². The van der Waals surface area contributed by atoms with Gasteiger partial charge >= 0.3 is 0 Å². The number of Topliss-reactive ketones (excluding diaryl/α,β-unsaturated/α-hetero) is 1. The minimum Gasteiger partial charge on any atom is -0.507 e. The maximum absolute atomic E-state index is 13.0. The summed E-state index contributed by atoms with van der Waals surface area (Å²) < 4.78 is 10.8. The number of rotatable bonds is 7. The van der Waals surface area contributed by atoms with Crippen molar-refractivity contribution >= 4 is 17.4 Å². The van der Waals surface area contributed by atoms with Crippen molar-refractivity contribution in [3.05, 3.63) is 108 Å². The lowest BCUT2D eigenvalue weighted by atomic mass is 9.95. The van der Waals surface area contributed by atoms with Crippen molar-refractivity contribution < 1.29 is 23.8 Å². The van der Waals surface area contributed by atoms with Crippen molar-refractivity contribution in [2.45, 2.75) is 12.6 Å². The SMILES string of the molecule is C=CCOc1ccc(C(O)=C2C(=O)C(=O)N(Cc3ccco3)[C@H]2c2ccccc2)cc1. The van der Waals surface area contributed by atoms with Crippen LogP contribution in [0.25, 0.3) is 5.76 Å². The molecule has 0 aliphatic carbocycles. The molecule has 1 aromatic heterocycles. The van der Waals surface area contributed by atoms with E-state index in [2.05, 4.69) is 6.58 Å². The van der Waals surface area contributed by atoms with Gasteiger partial charge in [-0.05, 0) is 42.0 Å². The summed E-state index contributed by atoms with van der Waals surface area (Å²) in [5.41, 5.74) is 1.19. The number of hydrogen-bond donors (Lipinski definition) is 1. The smallest absolute Gasteiger partial charge is 0.296 e. The van der Waals surface area contributed by atoms with Crippen LogP contribution in [0.1, 0.15) is 22.9 Å². The molecular weight excluding hydrogens is 394 g/mol. The summed E-state index contributed by atoms with van der Waals surface area (Å²) in [4.78, 5) is 27.3. The van der Waals surface area contributed by atoms with Crippen LogP contribution >= 0.6 is 0 Å². The fraction of sp³-hybridized carbons (Fsp3) is 0.120. The van der Waals surface area contributed by atoms with Crippen molar-refractivity contribution in [2.75, 3.05) is 6.61 Å². The van der Waals surface area contributed by atoms with Crippen LogP contribution < -0.4 is 4.74 Å². The Morgan fingerprint density at radius 1 is 1.06 bits per heavy atom. The number of benzene rings is 2. The van der Waals surface area contributed by atoms with Gasteiger partial charge in [-0.2, -0.15) is 0 Å². The van der Waals surface area contributed by atoms with Gasteiger partial charge in [0.2, 0.25) is 0 Å². The molecular formula is C25H21NO5. The van der Waals surface area contributed by atoms with E-state index >= 15 is 0 Å². The summed E-state index contributed by atoms with van der Waals surface area (Å²) in [5.74, 6) is -0.493. The number of nitrogens with zero attached hydrogens (tertiary/aromatic N) is 1. The number of hydrogen-bond acceptors (Lipinski definition) is 5. The van der Waals surface area contributed by atoms with Crippen LogP contribution in [-0.2, 0) is 16.1 Å². The highest BCUT2D eigenvalue weighted by Gasteiger charge is 2.46. The zero-order valence-corrected chi connectivity index (χ0v) is 16.7. The van der Waals surface area contributed by atoms with Gasteiger partial charge in [0, 0.05) is 5.56 Å². The Hall–Kier alpha value is -4.06. The summed E-state index contributed by atoms with van der Waals surface area (Å²) >= 11 is 0. The minimum atomic E-state index is -0.733. The average Bonchev–Trinajstić information content (AvgIpc) is 3.40. The number of ether oxygens (including phenoxy) is 1. The van der Waals surface area contributed by atoms with Gasteiger partial charge in [-0.25, -0.2) is 0 Å². The number of aliphatic hydroxyl groups excluding tert-OH is 1. The highest BCUT2D eigenvalue weighted by molar-refractivity contribution is 6.46. The monoisotopic (exact) mass is 415 g/mol. The molecule has 2 heterocycles. The Morgan fingerprint density at radius 3 is 2.45 bits per heavy atom. The van der Waals surface area contributed by atoms with E-state index in [9.17, 15) is 14.7 Å². The van der Waals surface area contributed by atoms with Crippen molar-refractivity contribution in [3.63, 3.8) is 0 Å². The predicted octanol–water partition coefficient (Wildman–Crippen LogP) is 4.47. The molecule has 156 valence electrons. The van der Waals surface area contributed by atoms with Gasteiger partial charge in [0.25, 0.3) is 11.7 Å². The van der Waals surface area contributed by atoms with Gasteiger partial charge in [-0.15, -0.1) is 0 Å². The van der Waals surface area contributed by atoms with Crippen LogP contribution in [0.2, 0.25) is 0 Å². The Morgan fingerprint density at radius 2 is 1.81 bits per heavy atom. The maximum Gasteiger partial charge on any atom is 0.296 e. The third-order valence-electron chi connectivity index (χ3n) is 5.06. The van der Waals surface area contributed by atoms with Gasteiger partial charge in [-0.3, -0.25) is 9.59 Å². The fourth-order valence-electron chi connectivity index (χ4n) is 3.62. The first-order valence-corrected chi connectivity index (χ1v) is 9.80. The molecule has 1 aliphatic heterocycles. The van der Waals surface area contributed by atoms with Gasteiger partial charge in [-0.1, -0.05) is 43.0 Å². The van der Waals surface area contributed by atoms with Crippen molar-refractivity contribution in [1.82, 2.24) is 4.90 Å². The molecule has 1 fully saturated rings. The standard InChI is InChI=1S/C25H21NO5/c1-2-14-30-19-12-10-18(11-13-19)23(27)21-22(17-7-4-3-5-8-17)26(25(29)24(21)28)16-20-9-6-15-31-20/h2-13,15,22,27H,1,14,16H2/t22-/m0/s1. The number of carbonyl (C=O) groups is 2. The Labute approximate surface area is 179 Å². The number of furan rings is 1. The zero-order chi connectivity index (χ0) is 21.8. The minimum absolute atomic E-state index is 0.0440. The molecule has 2 aromatic carbocycles. The summed E-state index contributed by atoms with van der Waals surface area (Å²) in [7, 11) is 0. The van der Waals surface area contributed by atoms with E-state index in [4.69, 9.17) is 9.15 Å². The van der Waals surface area contributed by atoms with Gasteiger partial charge < -0.3 is 19.2 Å². The van der Waals surface area contributed by atoms with Crippen molar-refractivity contribution in [2.24, 2.45) is 0 Å². The van der Waals surface area contributed by atoms with E-state index in [0.717, 1.165) is 5.56 Å². The maximum atomic E-state index is 13.0. The molecule has 0 unspecified atom stereocenters. The van der Waals surface area contributed by atoms with E-state index in [1.54, 1.807) is 42.5 Å². The summed E-state index contributed by atoms with van der Waals surface area (Å²) in [6.45, 7) is 4.08. The summed E-state index contributed by atoms with van der Waals surface area (Å²) in [5, 5.41) is 11.1. The second-order valence-electron chi connectivity index (χ2n) is 7.04. The van der Waals surface area contributed by atoms with E-state index in [-0.39, 0.29) is 17.9 Å². The molecule has 4 rings (SSSR count). The molecule has 1 N–H and O–H groups in total. The third kappa shape index (κ3) is 4.00. The first-order chi connectivity index (χ1) is 15.1. The van der Waals surface area contributed by atoms with Crippen LogP contribution in [0, 0.1) is 0 Å². The lowest BCUT2D eigenvalue weighted by molar-refractivity contribution is -0.140. The lowest BCUT2D eigenvalue weighted by Gasteiger charge is -2.24. The van der Waals surface area contributed by atoms with Crippen LogP contribution in [0.3, 0.4) is 0 Å². The second-order valence-corrected chi connectivity index (χ2v) is 7.04. The van der Waals surface area contributed by atoms with E-state index in [1.165, 1.54) is 11.2 Å². The Balaban J connectivity index is 1.77. The highest BCUT2D eigenvalue weighted by atomic mass is 16.5. The summed E-state index contributed by atoms with van der Waals surface area (Å²) in [6.07, 6.45) is 3.15. The van der Waals surface area contributed by atoms with Gasteiger partial charge in [0.1, 0.15) is 23.9 Å². The lowest BCUT2D eigenvalue weighted by Crippen LogP contribution is -2.29. The van der Waals surface area contributed by atoms with Crippen LogP contribution in [0.4, 0.5) is 0 Å². The first-order valence-electron chi connectivity index (χ1n) is 9.80. The van der Waals surface area contributed by atoms with E-state index in [0.29, 0.717) is 23.7 Å². The number of amides is 1. The van der Waals surface area contributed by atoms with Crippen molar-refractivity contribution in [3.8, 4) is 5.75 Å². The number of likely N-dealkylation sites (tertiary alicyclic amines) is 1. The molecule has 1 amide bonds. The molecule has 1 aliphatic rings. The third-order valence-corrected chi connectivity index (χ3v) is 5.06. The molecule has 3 aromatic rings. The predicted molar refractivity (Wildman–Crippen MR) is 115 cm³/mol. The van der Waals surface area contributed by atoms with Crippen molar-refractivity contribution in [1.29, 1.82) is 0 Å². The zero-order valence-electron chi connectivity index (χ0n) is 16.7. The van der Waals surface area contributed by atoms with Gasteiger partial charge in [0.05, 0.1) is 24.4 Å². The molecule has 1 saturated heterocycles. The molecule has 6 heteroatoms. The molecule has 31 heavy (non-hydrogen) atoms. The number of ketones is 1. The second kappa shape index (κ2) is 8.75. The normalized spacial score (nSPS) is 17.7. The molecule has 0 bridgehead atoms. The summed E-state index contributed by atoms with van der Waals surface area (Å²) in [6, 6.07) is 18.6. The molecule has 0 radical (unpaired) electrons. The Kier molecular flexibility index (Phi) is 5.71. The average molecular weight is 415 g/mol. The van der Waals surface area contributed by atoms with Crippen LogP contribution in [0.5, 0.6) is 5.75 Å². The number of carbonyl (C=O) groups excluding carboxylic acids is 2. The van der Waals surface area contributed by atoms with Crippen LogP contribution in [0.15, 0.2) is 95.6 Å².